The van der Waals surface area contributed by atoms with Crippen LogP contribution in [0.2, 0.25) is 0 Å². The minimum Gasteiger partial charge on any atom is -0.377 e. The number of rotatable bonds is 2. The molecule has 0 unspecified atom stereocenters. The van der Waals surface area contributed by atoms with Gasteiger partial charge in [0.25, 0.3) is 0 Å². The molecule has 77 valence electrons. The maximum Gasteiger partial charge on any atom is 0.247 e. The van der Waals surface area contributed by atoms with E-state index in [-0.39, 0.29) is 38.6 Å². The fourth-order valence-electron chi connectivity index (χ4n) is 1.08. The summed E-state index contributed by atoms with van der Waals surface area (Å²) in [6.45, 7) is 4.24. The van der Waals surface area contributed by atoms with Crippen LogP contribution in [-0.2, 0) is 42.2 Å². The van der Waals surface area contributed by atoms with Crippen molar-refractivity contribution in [2.75, 3.05) is 11.9 Å². The number of epoxide rings is 1. The number of hydrogen-bond acceptors (Lipinski definition) is 2. The van der Waals surface area contributed by atoms with Gasteiger partial charge >= 0.3 is 0 Å². The zero-order chi connectivity index (χ0) is 10.2. The Kier molecular flexibility index (Phi) is 4.04. The molecule has 0 spiro atoms. The van der Waals surface area contributed by atoms with E-state index in [1.807, 2.05) is 19.1 Å². The van der Waals surface area contributed by atoms with E-state index in [0.717, 1.165) is 11.3 Å². The van der Waals surface area contributed by atoms with E-state index >= 15 is 0 Å². The molecule has 1 N–H and O–H groups in total. The van der Waals surface area contributed by atoms with Gasteiger partial charge < -0.3 is 10.1 Å². The molecule has 1 aliphatic heterocycles. The van der Waals surface area contributed by atoms with Crippen LogP contribution < -0.4 is 5.32 Å². The quantitative estimate of drug-likeness (QED) is 0.658. The van der Waals surface area contributed by atoms with E-state index in [4.69, 9.17) is 4.74 Å². The minimum absolute atomic E-state index is 0. The Hall–Kier alpha value is -0.246. The number of nitrogens with one attached hydrogen (secondary N) is 1. The van der Waals surface area contributed by atoms with Crippen molar-refractivity contribution >= 4 is 11.6 Å². The minimum atomic E-state index is -0.606. The molecule has 1 heterocycles. The molecule has 0 aromatic heterocycles. The van der Waals surface area contributed by atoms with Gasteiger partial charge in [-0.3, -0.25) is 4.79 Å². The van der Waals surface area contributed by atoms with E-state index in [1.54, 1.807) is 13.0 Å². The third kappa shape index (κ3) is 3.10. The van der Waals surface area contributed by atoms with Gasteiger partial charge in [0.2, 0.25) is 5.91 Å². The zero-order valence-corrected chi connectivity index (χ0v) is 11.7. The Morgan fingerprint density at radius 2 is 2.27 bits per heavy atom. The Morgan fingerprint density at radius 3 is 2.73 bits per heavy atom. The number of amides is 1. The first kappa shape index (κ1) is 12.8. The van der Waals surface area contributed by atoms with Crippen LogP contribution in [0.5, 0.6) is 0 Å². The van der Waals surface area contributed by atoms with Crippen LogP contribution in [0, 0.1) is 13.0 Å². The maximum absolute atomic E-state index is 11.5. The van der Waals surface area contributed by atoms with Crippen LogP contribution in [-0.4, -0.2) is 18.1 Å². The van der Waals surface area contributed by atoms with Crippen molar-refractivity contribution in [3.05, 3.63) is 29.8 Å². The van der Waals surface area contributed by atoms with Crippen molar-refractivity contribution < 1.29 is 42.2 Å². The largest absolute Gasteiger partial charge is 0.377 e. The average Bonchev–Trinajstić information content (AvgIpc) is 2.89. The summed E-state index contributed by atoms with van der Waals surface area (Å²) in [5, 5.41) is 2.78. The van der Waals surface area contributed by atoms with Crippen molar-refractivity contribution in [1.29, 1.82) is 0 Å². The third-order valence-electron chi connectivity index (χ3n) is 2.28. The first-order valence-corrected chi connectivity index (χ1v) is 4.54. The SMILES string of the molecule is Cc1[c-]cc(NC(=O)[C@]2(C)CO2)cc1.[Y]. The zero-order valence-electron chi connectivity index (χ0n) is 8.83. The number of carbonyl (C=O) groups is 1. The average molecular weight is 279 g/mol. The maximum atomic E-state index is 11.5. The van der Waals surface area contributed by atoms with Gasteiger partial charge in [-0.1, -0.05) is 12.6 Å². The molecule has 15 heavy (non-hydrogen) atoms. The van der Waals surface area contributed by atoms with Crippen molar-refractivity contribution in [2.45, 2.75) is 19.4 Å². The molecule has 1 radical (unpaired) electrons. The molecule has 2 rings (SSSR count). The summed E-state index contributed by atoms with van der Waals surface area (Å²) in [4.78, 5) is 11.5. The summed E-state index contributed by atoms with van der Waals surface area (Å²) in [5.41, 5.74) is 1.21. The van der Waals surface area contributed by atoms with Gasteiger partial charge in [-0.05, 0) is 6.92 Å². The molecule has 1 atom stereocenters. The van der Waals surface area contributed by atoms with E-state index < -0.39 is 5.60 Å². The Bertz CT molecular complexity index is 357. The Morgan fingerprint density at radius 1 is 1.60 bits per heavy atom. The summed E-state index contributed by atoms with van der Waals surface area (Å²) in [6.07, 6.45) is 0. The van der Waals surface area contributed by atoms with Crippen LogP contribution in [0.25, 0.3) is 0 Å². The van der Waals surface area contributed by atoms with Crippen LogP contribution in [0.1, 0.15) is 12.5 Å². The van der Waals surface area contributed by atoms with Crippen molar-refractivity contribution in [1.82, 2.24) is 0 Å². The molecule has 0 bridgehead atoms. The first-order chi connectivity index (χ1) is 6.60. The van der Waals surface area contributed by atoms with Crippen LogP contribution >= 0.6 is 0 Å². The molecular formula is C11H12NO2Y-. The topological polar surface area (TPSA) is 41.6 Å². The van der Waals surface area contributed by atoms with Crippen LogP contribution in [0.4, 0.5) is 5.69 Å². The molecule has 3 nitrogen and oxygen atoms in total. The van der Waals surface area contributed by atoms with Crippen molar-refractivity contribution in [3.63, 3.8) is 0 Å². The standard InChI is InChI=1S/C11H12NO2.Y/c1-8-3-5-9(6-4-8)12-10(13)11(2)7-14-11;/h3,5-6H,7H2,1-2H3,(H,12,13);/q-1;/t11-;/m0./s1. The monoisotopic (exact) mass is 279 g/mol. The fourth-order valence-corrected chi connectivity index (χ4v) is 1.08. The molecule has 1 saturated heterocycles. The predicted molar refractivity (Wildman–Crippen MR) is 53.0 cm³/mol. The molecule has 0 saturated carbocycles. The van der Waals surface area contributed by atoms with Gasteiger partial charge in [0.1, 0.15) is 0 Å². The van der Waals surface area contributed by atoms with Crippen molar-refractivity contribution in [2.24, 2.45) is 0 Å². The van der Waals surface area contributed by atoms with E-state index in [0.29, 0.717) is 6.61 Å². The molecule has 1 fully saturated rings. The second kappa shape index (κ2) is 4.73. The summed E-state index contributed by atoms with van der Waals surface area (Å²) < 4.78 is 5.03. The normalized spacial score (nSPS) is 22.8. The van der Waals surface area contributed by atoms with Gasteiger partial charge in [-0.15, -0.1) is 6.07 Å². The number of benzene rings is 1. The third-order valence-corrected chi connectivity index (χ3v) is 2.28. The summed E-state index contributed by atoms with van der Waals surface area (Å²) in [5.74, 6) is -0.0882. The summed E-state index contributed by atoms with van der Waals surface area (Å²) in [6, 6.07) is 8.55. The summed E-state index contributed by atoms with van der Waals surface area (Å²) in [7, 11) is 0. The number of aryl methyl sites for hydroxylation is 1. The molecule has 1 amide bonds. The van der Waals surface area contributed by atoms with Gasteiger partial charge in [0, 0.05) is 32.7 Å². The molecule has 1 aliphatic rings. The summed E-state index contributed by atoms with van der Waals surface area (Å²) >= 11 is 0. The Labute approximate surface area is 114 Å². The Balaban J connectivity index is 0.00000112. The van der Waals surface area contributed by atoms with E-state index in [1.165, 1.54) is 0 Å². The smallest absolute Gasteiger partial charge is 0.247 e. The number of hydrogen-bond donors (Lipinski definition) is 1. The first-order valence-electron chi connectivity index (χ1n) is 4.54. The molecule has 0 aliphatic carbocycles. The van der Waals surface area contributed by atoms with Gasteiger partial charge in [0.05, 0.1) is 6.61 Å². The molecule has 1 aromatic rings. The van der Waals surface area contributed by atoms with Crippen molar-refractivity contribution in [3.8, 4) is 0 Å². The molecule has 1 aromatic carbocycles. The predicted octanol–water partition coefficient (Wildman–Crippen LogP) is 1.52. The number of anilines is 1. The van der Waals surface area contributed by atoms with E-state index in [9.17, 15) is 4.79 Å². The number of carbonyl (C=O) groups excluding carboxylic acids is 1. The fraction of sp³-hybridized carbons (Fsp3) is 0.364. The molecular weight excluding hydrogens is 267 g/mol. The second-order valence-corrected chi connectivity index (χ2v) is 3.73. The van der Waals surface area contributed by atoms with Crippen LogP contribution in [0.15, 0.2) is 18.2 Å². The van der Waals surface area contributed by atoms with Gasteiger partial charge in [-0.25, -0.2) is 0 Å². The van der Waals surface area contributed by atoms with Crippen LogP contribution in [0.3, 0.4) is 0 Å². The van der Waals surface area contributed by atoms with Gasteiger partial charge in [0.15, 0.2) is 5.60 Å². The van der Waals surface area contributed by atoms with E-state index in [2.05, 4.69) is 11.4 Å². The molecule has 4 heteroatoms. The van der Waals surface area contributed by atoms with Gasteiger partial charge in [-0.2, -0.15) is 23.8 Å². The second-order valence-electron chi connectivity index (χ2n) is 3.73. The number of ether oxygens (including phenoxy) is 1.